The molecule has 0 saturated carbocycles. The van der Waals surface area contributed by atoms with Crippen LogP contribution >= 0.6 is 0 Å². The van der Waals surface area contributed by atoms with E-state index < -0.39 is 9.84 Å². The topological polar surface area (TPSA) is 76.0 Å². The van der Waals surface area contributed by atoms with Crippen molar-refractivity contribution in [1.29, 1.82) is 0 Å². The van der Waals surface area contributed by atoms with Crippen molar-refractivity contribution < 1.29 is 18.4 Å². The van der Waals surface area contributed by atoms with Crippen LogP contribution < -0.4 is 4.74 Å². The van der Waals surface area contributed by atoms with Crippen molar-refractivity contribution in [2.75, 3.05) is 18.6 Å². The first-order chi connectivity index (χ1) is 9.40. The quantitative estimate of drug-likeness (QED) is 0.346. The fourth-order valence-electron chi connectivity index (χ4n) is 1.64. The van der Waals surface area contributed by atoms with E-state index in [9.17, 15) is 8.42 Å². The summed E-state index contributed by atoms with van der Waals surface area (Å²) in [7, 11) is -2.91. The Morgan fingerprint density at radius 1 is 1.30 bits per heavy atom. The van der Waals surface area contributed by atoms with Gasteiger partial charge in [0, 0.05) is 6.26 Å². The van der Waals surface area contributed by atoms with Gasteiger partial charge >= 0.3 is 0 Å². The van der Waals surface area contributed by atoms with Crippen LogP contribution in [0.3, 0.4) is 0 Å². The van der Waals surface area contributed by atoms with Gasteiger partial charge in [-0.1, -0.05) is 17.3 Å². The summed E-state index contributed by atoms with van der Waals surface area (Å²) < 4.78 is 27.4. The molecule has 0 aliphatic carbocycles. The van der Waals surface area contributed by atoms with Crippen LogP contribution in [-0.2, 0) is 16.3 Å². The molecule has 0 saturated heterocycles. The fraction of sp³-hybridized carbons (Fsp3) is 0.500. The van der Waals surface area contributed by atoms with Gasteiger partial charge in [-0.25, -0.2) is 8.42 Å². The molecule has 0 bridgehead atoms. The summed E-state index contributed by atoms with van der Waals surface area (Å²) in [5.74, 6) is 0.875. The molecule has 0 fully saturated rings. The standard InChI is InChI=1S/C14H21NO4S/c1-12(15-16)4-5-13-6-8-14(9-7-13)19-10-3-11-20(2,17)18/h6-9,16H,3-5,10-11H2,1-2H3. The molecule has 0 radical (unpaired) electrons. The molecule has 20 heavy (non-hydrogen) atoms. The summed E-state index contributed by atoms with van der Waals surface area (Å²) >= 11 is 0. The Labute approximate surface area is 120 Å². The van der Waals surface area contributed by atoms with E-state index in [1.165, 1.54) is 6.26 Å². The zero-order valence-corrected chi connectivity index (χ0v) is 12.7. The second-order valence-corrected chi connectivity index (χ2v) is 7.07. The molecule has 0 atom stereocenters. The van der Waals surface area contributed by atoms with Crippen molar-refractivity contribution >= 4 is 15.5 Å². The molecule has 6 heteroatoms. The molecule has 0 heterocycles. The summed E-state index contributed by atoms with van der Waals surface area (Å²) in [5, 5.41) is 11.7. The van der Waals surface area contributed by atoms with Crippen molar-refractivity contribution in [3.05, 3.63) is 29.8 Å². The third-order valence-corrected chi connectivity index (χ3v) is 3.83. The molecule has 1 rings (SSSR count). The van der Waals surface area contributed by atoms with Gasteiger partial charge in [0.1, 0.15) is 15.6 Å². The van der Waals surface area contributed by atoms with Crippen LogP contribution in [0.2, 0.25) is 0 Å². The largest absolute Gasteiger partial charge is 0.494 e. The Morgan fingerprint density at radius 2 is 1.95 bits per heavy atom. The lowest BCUT2D eigenvalue weighted by atomic mass is 10.1. The lowest BCUT2D eigenvalue weighted by Gasteiger charge is -2.07. The molecular weight excluding hydrogens is 278 g/mol. The highest BCUT2D eigenvalue weighted by molar-refractivity contribution is 7.90. The van der Waals surface area contributed by atoms with Gasteiger partial charge in [-0.15, -0.1) is 0 Å². The van der Waals surface area contributed by atoms with Crippen LogP contribution in [0.15, 0.2) is 29.4 Å². The second kappa shape index (κ2) is 7.89. The number of oxime groups is 1. The van der Waals surface area contributed by atoms with Gasteiger partial charge in [-0.05, 0) is 43.9 Å². The third-order valence-electron chi connectivity index (χ3n) is 2.80. The summed E-state index contributed by atoms with van der Waals surface area (Å²) in [4.78, 5) is 0. The summed E-state index contributed by atoms with van der Waals surface area (Å²) in [6.45, 7) is 2.17. The van der Waals surface area contributed by atoms with E-state index in [0.717, 1.165) is 17.7 Å². The van der Waals surface area contributed by atoms with Crippen LogP contribution in [0.5, 0.6) is 5.75 Å². The molecule has 0 aromatic heterocycles. The predicted octanol–water partition coefficient (Wildman–Crippen LogP) is 2.28. The number of hydrogen-bond donors (Lipinski definition) is 1. The van der Waals surface area contributed by atoms with Gasteiger partial charge in [-0.3, -0.25) is 0 Å². The van der Waals surface area contributed by atoms with Crippen molar-refractivity contribution in [3.8, 4) is 5.75 Å². The van der Waals surface area contributed by atoms with Gasteiger partial charge in [0.2, 0.25) is 0 Å². The number of benzene rings is 1. The molecule has 0 spiro atoms. The smallest absolute Gasteiger partial charge is 0.147 e. The van der Waals surface area contributed by atoms with Gasteiger partial charge < -0.3 is 9.94 Å². The zero-order valence-electron chi connectivity index (χ0n) is 11.9. The van der Waals surface area contributed by atoms with E-state index >= 15 is 0 Å². The van der Waals surface area contributed by atoms with Crippen LogP contribution in [0.25, 0.3) is 0 Å². The molecule has 1 N–H and O–H groups in total. The molecule has 0 amide bonds. The van der Waals surface area contributed by atoms with E-state index in [1.54, 1.807) is 6.92 Å². The van der Waals surface area contributed by atoms with Crippen LogP contribution in [0.4, 0.5) is 0 Å². The van der Waals surface area contributed by atoms with Crippen molar-refractivity contribution in [1.82, 2.24) is 0 Å². The molecular formula is C14H21NO4S. The van der Waals surface area contributed by atoms with Gasteiger partial charge in [0.15, 0.2) is 0 Å². The molecule has 0 unspecified atom stereocenters. The molecule has 112 valence electrons. The first kappa shape index (κ1) is 16.5. The van der Waals surface area contributed by atoms with Crippen LogP contribution in [-0.4, -0.2) is 38.0 Å². The van der Waals surface area contributed by atoms with Crippen molar-refractivity contribution in [2.24, 2.45) is 5.16 Å². The number of nitrogens with zero attached hydrogens (tertiary/aromatic N) is 1. The van der Waals surface area contributed by atoms with E-state index in [4.69, 9.17) is 9.94 Å². The minimum absolute atomic E-state index is 0.144. The maximum atomic E-state index is 11.0. The maximum absolute atomic E-state index is 11.0. The minimum atomic E-state index is -2.91. The highest BCUT2D eigenvalue weighted by Crippen LogP contribution is 2.14. The first-order valence-corrected chi connectivity index (χ1v) is 8.54. The Bertz CT molecular complexity index is 535. The maximum Gasteiger partial charge on any atom is 0.147 e. The number of ether oxygens (including phenoxy) is 1. The van der Waals surface area contributed by atoms with Gasteiger partial charge in [0.25, 0.3) is 0 Å². The van der Waals surface area contributed by atoms with Gasteiger partial charge in [-0.2, -0.15) is 0 Å². The molecule has 0 aliphatic rings. The normalized spacial score (nSPS) is 12.4. The lowest BCUT2D eigenvalue weighted by molar-refractivity contribution is 0.317. The predicted molar refractivity (Wildman–Crippen MR) is 79.5 cm³/mol. The lowest BCUT2D eigenvalue weighted by Crippen LogP contribution is -2.07. The van der Waals surface area contributed by atoms with Gasteiger partial charge in [0.05, 0.1) is 18.1 Å². The molecule has 5 nitrogen and oxygen atoms in total. The minimum Gasteiger partial charge on any atom is -0.494 e. The number of aryl methyl sites for hydroxylation is 1. The molecule has 1 aromatic carbocycles. The monoisotopic (exact) mass is 299 g/mol. The number of sulfone groups is 1. The second-order valence-electron chi connectivity index (χ2n) is 4.81. The van der Waals surface area contributed by atoms with E-state index in [0.29, 0.717) is 25.2 Å². The summed E-state index contributed by atoms with van der Waals surface area (Å²) in [6, 6.07) is 7.63. The Morgan fingerprint density at radius 3 is 2.50 bits per heavy atom. The van der Waals surface area contributed by atoms with Crippen molar-refractivity contribution in [2.45, 2.75) is 26.2 Å². The van der Waals surface area contributed by atoms with Crippen molar-refractivity contribution in [3.63, 3.8) is 0 Å². The van der Waals surface area contributed by atoms with E-state index in [2.05, 4.69) is 5.16 Å². The first-order valence-electron chi connectivity index (χ1n) is 6.48. The molecule has 0 aliphatic heterocycles. The highest BCUT2D eigenvalue weighted by Gasteiger charge is 2.02. The average Bonchev–Trinajstić information content (AvgIpc) is 2.41. The van der Waals surface area contributed by atoms with E-state index in [1.807, 2.05) is 24.3 Å². The number of hydrogen-bond acceptors (Lipinski definition) is 5. The van der Waals surface area contributed by atoms with Crippen LogP contribution in [0.1, 0.15) is 25.3 Å². The average molecular weight is 299 g/mol. The zero-order chi connectivity index (χ0) is 15.0. The summed E-state index contributed by atoms with van der Waals surface area (Å²) in [6.07, 6.45) is 3.24. The van der Waals surface area contributed by atoms with Crippen LogP contribution in [0, 0.1) is 0 Å². The third kappa shape index (κ3) is 7.13. The Balaban J connectivity index is 2.35. The number of rotatable bonds is 8. The fourth-order valence-corrected chi connectivity index (χ4v) is 2.28. The Hall–Kier alpha value is -1.56. The highest BCUT2D eigenvalue weighted by atomic mass is 32.2. The Kier molecular flexibility index (Phi) is 6.51. The SMILES string of the molecule is CC(CCc1ccc(OCCCS(C)(=O)=O)cc1)=NO. The van der Waals surface area contributed by atoms with E-state index in [-0.39, 0.29) is 5.75 Å². The summed E-state index contributed by atoms with van der Waals surface area (Å²) in [5.41, 5.74) is 1.84. The molecule has 1 aromatic rings.